The summed E-state index contributed by atoms with van der Waals surface area (Å²) in [6.07, 6.45) is 16.0. The second-order valence-electron chi connectivity index (χ2n) is 6.65. The Morgan fingerprint density at radius 3 is 1.48 bits per heavy atom. The average molecular weight is 359 g/mol. The van der Waals surface area contributed by atoms with Crippen molar-refractivity contribution in [3.8, 4) is 0 Å². The molecule has 152 valence electrons. The number of carbonyl (C=O) groups is 1. The maximum absolute atomic E-state index is 11.6. The molecular formula is C21H46N2O2. The number of nitrogens with zero attached hydrogens (tertiary/aromatic N) is 1. The van der Waals surface area contributed by atoms with E-state index in [1.165, 1.54) is 57.8 Å². The molecule has 0 aliphatic heterocycles. The van der Waals surface area contributed by atoms with Gasteiger partial charge in [0, 0.05) is 19.5 Å². The zero-order valence-corrected chi connectivity index (χ0v) is 17.7. The Bertz CT molecular complexity index is 254. The van der Waals surface area contributed by atoms with E-state index in [0.29, 0.717) is 6.42 Å². The summed E-state index contributed by atoms with van der Waals surface area (Å²) in [6, 6.07) is 0. The first-order valence-electron chi connectivity index (χ1n) is 10.8. The van der Waals surface area contributed by atoms with Crippen LogP contribution >= 0.6 is 0 Å². The number of rotatable bonds is 16. The van der Waals surface area contributed by atoms with Crippen molar-refractivity contribution in [3.63, 3.8) is 0 Å². The molecule has 0 aliphatic carbocycles. The Kier molecular flexibility index (Phi) is 24.9. The molecule has 0 aromatic carbocycles. The summed E-state index contributed by atoms with van der Waals surface area (Å²) in [5.74, 6) is -0.0744. The molecule has 0 amide bonds. The van der Waals surface area contributed by atoms with Crippen molar-refractivity contribution < 1.29 is 9.63 Å². The fraction of sp³-hybridized carbons (Fsp3) is 0.952. The highest BCUT2D eigenvalue weighted by atomic mass is 16.7. The summed E-state index contributed by atoms with van der Waals surface area (Å²) in [5.41, 5.74) is 5.03. The van der Waals surface area contributed by atoms with Crippen molar-refractivity contribution in [3.05, 3.63) is 0 Å². The lowest BCUT2D eigenvalue weighted by Crippen LogP contribution is -2.26. The third kappa shape index (κ3) is 23.4. The summed E-state index contributed by atoms with van der Waals surface area (Å²) < 4.78 is 0. The van der Waals surface area contributed by atoms with Gasteiger partial charge in [0.2, 0.25) is 0 Å². The quantitative estimate of drug-likeness (QED) is 0.278. The smallest absolute Gasteiger partial charge is 0.325 e. The van der Waals surface area contributed by atoms with Gasteiger partial charge in [-0.25, -0.2) is 0 Å². The van der Waals surface area contributed by atoms with E-state index in [4.69, 9.17) is 10.6 Å². The minimum atomic E-state index is -0.0744. The van der Waals surface area contributed by atoms with E-state index >= 15 is 0 Å². The van der Waals surface area contributed by atoms with Crippen LogP contribution in [0.1, 0.15) is 111 Å². The first-order valence-corrected chi connectivity index (χ1v) is 10.8. The van der Waals surface area contributed by atoms with Gasteiger partial charge in [0.15, 0.2) is 0 Å². The van der Waals surface area contributed by atoms with Gasteiger partial charge >= 0.3 is 5.97 Å². The van der Waals surface area contributed by atoms with E-state index in [9.17, 15) is 4.79 Å². The minimum Gasteiger partial charge on any atom is -0.368 e. The highest BCUT2D eigenvalue weighted by Crippen LogP contribution is 2.12. The second kappa shape index (κ2) is 23.4. The number of unbranched alkanes of at least 4 members (excludes halogenated alkanes) is 10. The van der Waals surface area contributed by atoms with Crippen LogP contribution in [0.25, 0.3) is 0 Å². The van der Waals surface area contributed by atoms with Crippen LogP contribution in [-0.2, 0) is 9.63 Å². The molecule has 0 rings (SSSR count). The van der Waals surface area contributed by atoms with Gasteiger partial charge in [0.05, 0.1) is 0 Å². The van der Waals surface area contributed by atoms with Gasteiger partial charge in [-0.2, -0.15) is 0 Å². The lowest BCUT2D eigenvalue weighted by molar-refractivity contribution is -0.188. The van der Waals surface area contributed by atoms with Crippen molar-refractivity contribution >= 4 is 5.97 Å². The summed E-state index contributed by atoms with van der Waals surface area (Å²) in [4.78, 5) is 16.8. The summed E-state index contributed by atoms with van der Waals surface area (Å²) in [5, 5.41) is 1.71. The third-order valence-electron chi connectivity index (χ3n) is 4.21. The fourth-order valence-corrected chi connectivity index (χ4v) is 2.48. The Balaban J connectivity index is 0. The summed E-state index contributed by atoms with van der Waals surface area (Å²) in [6.45, 7) is 10.7. The maximum Gasteiger partial charge on any atom is 0.325 e. The Hall–Kier alpha value is -0.610. The zero-order chi connectivity index (χ0) is 19.2. The van der Waals surface area contributed by atoms with Crippen LogP contribution in [-0.4, -0.2) is 30.7 Å². The molecule has 25 heavy (non-hydrogen) atoms. The van der Waals surface area contributed by atoms with Crippen molar-refractivity contribution in [1.82, 2.24) is 5.06 Å². The molecule has 0 saturated heterocycles. The van der Waals surface area contributed by atoms with Gasteiger partial charge in [-0.05, 0) is 33.2 Å². The molecule has 0 saturated carbocycles. The highest BCUT2D eigenvalue weighted by Gasteiger charge is 2.07. The molecule has 4 heteroatoms. The van der Waals surface area contributed by atoms with Crippen LogP contribution in [0.3, 0.4) is 0 Å². The molecule has 0 spiro atoms. The summed E-state index contributed by atoms with van der Waals surface area (Å²) in [7, 11) is 0. The molecule has 0 aromatic rings. The predicted octanol–water partition coefficient (Wildman–Crippen LogP) is 5.84. The third-order valence-corrected chi connectivity index (χ3v) is 4.21. The monoisotopic (exact) mass is 358 g/mol. The van der Waals surface area contributed by atoms with Gasteiger partial charge in [-0.15, -0.1) is 5.06 Å². The van der Waals surface area contributed by atoms with Gasteiger partial charge in [-0.3, -0.25) is 4.79 Å². The number of nitrogens with two attached hydrogens (primary N) is 1. The molecule has 0 bridgehead atoms. The average Bonchev–Trinajstić information content (AvgIpc) is 2.64. The summed E-state index contributed by atoms with van der Waals surface area (Å²) >= 11 is 0. The highest BCUT2D eigenvalue weighted by molar-refractivity contribution is 5.68. The van der Waals surface area contributed by atoms with Crippen LogP contribution in [0.2, 0.25) is 0 Å². The maximum atomic E-state index is 11.6. The SMILES string of the molecule is CCCCCCCCCCCCCC(=O)ON(CC)CC.CCCN. The first-order chi connectivity index (χ1) is 12.2. The largest absolute Gasteiger partial charge is 0.368 e. The molecular weight excluding hydrogens is 312 g/mol. The molecule has 0 heterocycles. The Morgan fingerprint density at radius 1 is 0.720 bits per heavy atom. The van der Waals surface area contributed by atoms with Crippen LogP contribution in [0.15, 0.2) is 0 Å². The van der Waals surface area contributed by atoms with E-state index in [1.807, 2.05) is 13.8 Å². The molecule has 2 N–H and O–H groups in total. The number of hydrogen-bond acceptors (Lipinski definition) is 4. The topological polar surface area (TPSA) is 55.6 Å². The van der Waals surface area contributed by atoms with Crippen molar-refractivity contribution in [2.75, 3.05) is 19.6 Å². The minimum absolute atomic E-state index is 0.0744. The molecule has 0 aliphatic rings. The Morgan fingerprint density at radius 2 is 1.12 bits per heavy atom. The van der Waals surface area contributed by atoms with E-state index in [2.05, 4.69) is 13.8 Å². The predicted molar refractivity (Wildman–Crippen MR) is 109 cm³/mol. The lowest BCUT2D eigenvalue weighted by Gasteiger charge is -2.16. The molecule has 4 nitrogen and oxygen atoms in total. The normalized spacial score (nSPS) is 10.5. The van der Waals surface area contributed by atoms with Crippen LogP contribution in [0, 0.1) is 0 Å². The number of hydroxylamine groups is 2. The molecule has 0 aromatic heterocycles. The first kappa shape index (κ1) is 26.6. The van der Waals surface area contributed by atoms with Gasteiger partial charge in [-0.1, -0.05) is 78.1 Å². The van der Waals surface area contributed by atoms with Gasteiger partial charge in [0.25, 0.3) is 0 Å². The van der Waals surface area contributed by atoms with Crippen LogP contribution < -0.4 is 5.73 Å². The fourth-order valence-electron chi connectivity index (χ4n) is 2.48. The van der Waals surface area contributed by atoms with Crippen molar-refractivity contribution in [2.24, 2.45) is 5.73 Å². The lowest BCUT2D eigenvalue weighted by atomic mass is 10.1. The van der Waals surface area contributed by atoms with E-state index < -0.39 is 0 Å². The van der Waals surface area contributed by atoms with Crippen LogP contribution in [0.4, 0.5) is 0 Å². The van der Waals surface area contributed by atoms with Gasteiger partial charge < -0.3 is 10.6 Å². The van der Waals surface area contributed by atoms with E-state index in [0.717, 1.165) is 38.9 Å². The van der Waals surface area contributed by atoms with Gasteiger partial charge in [0.1, 0.15) is 0 Å². The number of carbonyl (C=O) groups excluding carboxylic acids is 1. The Labute approximate surface area is 157 Å². The molecule has 0 unspecified atom stereocenters. The van der Waals surface area contributed by atoms with Crippen LogP contribution in [0.5, 0.6) is 0 Å². The van der Waals surface area contributed by atoms with Crippen molar-refractivity contribution in [2.45, 2.75) is 111 Å². The molecule has 0 fully saturated rings. The zero-order valence-electron chi connectivity index (χ0n) is 17.7. The molecule has 0 atom stereocenters. The van der Waals surface area contributed by atoms with E-state index in [-0.39, 0.29) is 5.97 Å². The second-order valence-corrected chi connectivity index (χ2v) is 6.65. The number of hydrogen-bond donors (Lipinski definition) is 1. The molecule has 0 radical (unpaired) electrons. The van der Waals surface area contributed by atoms with Crippen molar-refractivity contribution in [1.29, 1.82) is 0 Å². The standard InChI is InChI=1S/C18H37NO2.C3H9N/c1-4-7-8-9-10-11-12-13-14-15-16-17-18(20)21-19(5-2)6-3;1-2-3-4/h4-17H2,1-3H3;2-4H2,1H3. The van der Waals surface area contributed by atoms with E-state index in [1.54, 1.807) is 5.06 Å².